The van der Waals surface area contributed by atoms with Gasteiger partial charge in [0.15, 0.2) is 5.75 Å². The molecule has 0 aliphatic rings. The first-order valence-electron chi connectivity index (χ1n) is 6.09. The van der Waals surface area contributed by atoms with Gasteiger partial charge in [-0.2, -0.15) is 0 Å². The lowest BCUT2D eigenvalue weighted by atomic mass is 10.1. The molecular weight excluding hydrogens is 296 g/mol. The van der Waals surface area contributed by atoms with E-state index in [4.69, 9.17) is 9.84 Å². The van der Waals surface area contributed by atoms with E-state index in [0.717, 1.165) is 0 Å². The molecule has 1 N–H and O–H groups in total. The number of benzene rings is 1. The van der Waals surface area contributed by atoms with Gasteiger partial charge < -0.3 is 9.84 Å². The molecule has 2 rings (SSSR count). The summed E-state index contributed by atoms with van der Waals surface area (Å²) >= 11 is 1.21. The number of carbonyl (C=O) groups is 1. The molecule has 2 aromatic rings. The Morgan fingerprint density at radius 1 is 1.52 bits per heavy atom. The second-order valence-corrected chi connectivity index (χ2v) is 5.01. The van der Waals surface area contributed by atoms with Crippen LogP contribution in [0, 0.1) is 10.1 Å². The zero-order valence-corrected chi connectivity index (χ0v) is 11.9. The van der Waals surface area contributed by atoms with Crippen molar-refractivity contribution in [3.8, 4) is 17.0 Å². The van der Waals surface area contributed by atoms with E-state index < -0.39 is 10.9 Å². The van der Waals surface area contributed by atoms with Crippen molar-refractivity contribution in [2.75, 3.05) is 6.61 Å². The summed E-state index contributed by atoms with van der Waals surface area (Å²) in [7, 11) is 0. The lowest BCUT2D eigenvalue weighted by molar-refractivity contribution is -0.385. The molecule has 1 aromatic carbocycles. The van der Waals surface area contributed by atoms with E-state index in [1.165, 1.54) is 23.5 Å². The van der Waals surface area contributed by atoms with E-state index in [1.807, 2.05) is 0 Å². The number of nitro groups is 1. The van der Waals surface area contributed by atoms with Crippen LogP contribution in [0.15, 0.2) is 23.6 Å². The zero-order valence-electron chi connectivity index (χ0n) is 11.1. The Labute approximate surface area is 124 Å². The predicted octanol–water partition coefficient (Wildman–Crippen LogP) is 2.74. The van der Waals surface area contributed by atoms with Crippen molar-refractivity contribution in [3.63, 3.8) is 0 Å². The predicted molar refractivity (Wildman–Crippen MR) is 76.7 cm³/mol. The Morgan fingerprint density at radius 3 is 2.90 bits per heavy atom. The first kappa shape index (κ1) is 14.9. The number of ether oxygens (including phenoxy) is 1. The highest BCUT2D eigenvalue weighted by Crippen LogP contribution is 2.32. The molecule has 110 valence electrons. The molecule has 8 heteroatoms. The number of aromatic nitrogens is 1. The number of nitrogens with zero attached hydrogens (tertiary/aromatic N) is 2. The van der Waals surface area contributed by atoms with Crippen LogP contribution in [0.25, 0.3) is 11.3 Å². The van der Waals surface area contributed by atoms with Crippen LogP contribution in [0.4, 0.5) is 5.69 Å². The first-order valence-corrected chi connectivity index (χ1v) is 6.97. The van der Waals surface area contributed by atoms with Crippen molar-refractivity contribution in [2.24, 2.45) is 0 Å². The van der Waals surface area contributed by atoms with Crippen LogP contribution in [-0.2, 0) is 11.2 Å². The molecular formula is C13H12N2O5S. The number of aliphatic carboxylic acids is 1. The molecule has 0 amide bonds. The summed E-state index contributed by atoms with van der Waals surface area (Å²) in [5.41, 5.74) is 0.933. The third-order valence-corrected chi connectivity index (χ3v) is 3.45. The zero-order chi connectivity index (χ0) is 15.4. The van der Waals surface area contributed by atoms with Crippen molar-refractivity contribution in [1.82, 2.24) is 4.98 Å². The van der Waals surface area contributed by atoms with E-state index in [2.05, 4.69) is 4.98 Å². The third-order valence-electron chi connectivity index (χ3n) is 2.61. The molecule has 0 fully saturated rings. The van der Waals surface area contributed by atoms with Crippen molar-refractivity contribution in [3.05, 3.63) is 38.7 Å². The van der Waals surface area contributed by atoms with Crippen molar-refractivity contribution in [1.29, 1.82) is 0 Å². The monoisotopic (exact) mass is 308 g/mol. The Hall–Kier alpha value is -2.48. The maximum absolute atomic E-state index is 11.1. The van der Waals surface area contributed by atoms with Gasteiger partial charge in [-0.3, -0.25) is 14.9 Å². The highest BCUT2D eigenvalue weighted by molar-refractivity contribution is 7.10. The standard InChI is InChI=1S/C13H12N2O5S/c1-2-20-11-4-3-8(5-10(11)15(18)19)9-7-21-12(14-9)6-13(16)17/h3-5,7H,2,6H2,1H3,(H,16,17). The Kier molecular flexibility index (Phi) is 4.49. The van der Waals surface area contributed by atoms with Crippen molar-refractivity contribution < 1.29 is 19.6 Å². The van der Waals surface area contributed by atoms with E-state index in [9.17, 15) is 14.9 Å². The molecule has 1 heterocycles. The normalized spacial score (nSPS) is 10.3. The molecule has 0 aliphatic carbocycles. The summed E-state index contributed by atoms with van der Waals surface area (Å²) in [6, 6.07) is 4.56. The van der Waals surface area contributed by atoms with Crippen LogP contribution < -0.4 is 4.74 Å². The SMILES string of the molecule is CCOc1ccc(-c2csc(CC(=O)O)n2)cc1[N+](=O)[O-]. The van der Waals surface area contributed by atoms with Crippen LogP contribution in [0.1, 0.15) is 11.9 Å². The Morgan fingerprint density at radius 2 is 2.29 bits per heavy atom. The van der Waals surface area contributed by atoms with Crippen LogP contribution in [0.3, 0.4) is 0 Å². The molecule has 0 saturated heterocycles. The van der Waals surface area contributed by atoms with Gasteiger partial charge in [0.2, 0.25) is 0 Å². The highest BCUT2D eigenvalue weighted by atomic mass is 32.1. The van der Waals surface area contributed by atoms with Gasteiger partial charge in [0.25, 0.3) is 0 Å². The van der Waals surface area contributed by atoms with Crippen LogP contribution >= 0.6 is 11.3 Å². The quantitative estimate of drug-likeness (QED) is 0.650. The average Bonchev–Trinajstić information content (AvgIpc) is 2.87. The Bertz CT molecular complexity index is 683. The van der Waals surface area contributed by atoms with Gasteiger partial charge in [0, 0.05) is 17.0 Å². The van der Waals surface area contributed by atoms with Crippen LogP contribution in [0.2, 0.25) is 0 Å². The molecule has 21 heavy (non-hydrogen) atoms. The van der Waals surface area contributed by atoms with Gasteiger partial charge in [-0.05, 0) is 19.1 Å². The van der Waals surface area contributed by atoms with Crippen molar-refractivity contribution in [2.45, 2.75) is 13.3 Å². The second kappa shape index (κ2) is 6.31. The fourth-order valence-electron chi connectivity index (χ4n) is 1.75. The fraction of sp³-hybridized carbons (Fsp3) is 0.231. The summed E-state index contributed by atoms with van der Waals surface area (Å²) in [6.07, 6.45) is -0.163. The van der Waals surface area contributed by atoms with Gasteiger partial charge in [0.05, 0.1) is 23.6 Å². The molecule has 0 spiro atoms. The highest BCUT2D eigenvalue weighted by Gasteiger charge is 2.17. The minimum Gasteiger partial charge on any atom is -0.487 e. The molecule has 0 saturated carbocycles. The summed E-state index contributed by atoms with van der Waals surface area (Å²) < 4.78 is 5.21. The van der Waals surface area contributed by atoms with Crippen LogP contribution in [-0.4, -0.2) is 27.6 Å². The minimum atomic E-state index is -0.964. The number of carboxylic acid groups (broad SMARTS) is 1. The summed E-state index contributed by atoms with van der Waals surface area (Å²) in [4.78, 5) is 25.4. The van der Waals surface area contributed by atoms with E-state index in [-0.39, 0.29) is 17.9 Å². The summed E-state index contributed by atoms with van der Waals surface area (Å²) in [5.74, 6) is -0.763. The molecule has 1 aromatic heterocycles. The second-order valence-electron chi connectivity index (χ2n) is 4.07. The number of hydrogen-bond acceptors (Lipinski definition) is 6. The lowest BCUT2D eigenvalue weighted by Gasteiger charge is -2.05. The van der Waals surface area contributed by atoms with Gasteiger partial charge in [-0.15, -0.1) is 11.3 Å². The molecule has 0 bridgehead atoms. The van der Waals surface area contributed by atoms with Gasteiger partial charge >= 0.3 is 11.7 Å². The number of thiazole rings is 1. The third kappa shape index (κ3) is 3.54. The summed E-state index contributed by atoms with van der Waals surface area (Å²) in [5, 5.41) is 21.9. The van der Waals surface area contributed by atoms with Gasteiger partial charge in [-0.1, -0.05) is 0 Å². The minimum absolute atomic E-state index is 0.137. The molecule has 7 nitrogen and oxygen atoms in total. The van der Waals surface area contributed by atoms with Crippen molar-refractivity contribution >= 4 is 23.0 Å². The maximum atomic E-state index is 11.1. The van der Waals surface area contributed by atoms with E-state index in [0.29, 0.717) is 22.9 Å². The average molecular weight is 308 g/mol. The number of hydrogen-bond donors (Lipinski definition) is 1. The molecule has 0 unspecified atom stereocenters. The smallest absolute Gasteiger partial charge is 0.311 e. The van der Waals surface area contributed by atoms with Gasteiger partial charge in [-0.25, -0.2) is 4.98 Å². The topological polar surface area (TPSA) is 103 Å². The molecule has 0 aliphatic heterocycles. The number of carboxylic acids is 1. The van der Waals surface area contributed by atoms with E-state index >= 15 is 0 Å². The largest absolute Gasteiger partial charge is 0.487 e. The molecule has 0 radical (unpaired) electrons. The Balaban J connectivity index is 2.35. The van der Waals surface area contributed by atoms with Gasteiger partial charge in [0.1, 0.15) is 5.01 Å². The number of rotatable bonds is 6. The fourth-order valence-corrected chi connectivity index (χ4v) is 2.55. The first-order chi connectivity index (χ1) is 10.0. The molecule has 0 atom stereocenters. The summed E-state index contributed by atoms with van der Waals surface area (Å²) in [6.45, 7) is 2.08. The maximum Gasteiger partial charge on any atom is 0.311 e. The lowest BCUT2D eigenvalue weighted by Crippen LogP contribution is -1.99. The number of nitro benzene ring substituents is 1. The van der Waals surface area contributed by atoms with E-state index in [1.54, 1.807) is 18.4 Å². The van der Waals surface area contributed by atoms with Crippen LogP contribution in [0.5, 0.6) is 5.75 Å².